The van der Waals surface area contributed by atoms with Crippen molar-refractivity contribution in [3.05, 3.63) is 94.8 Å². The van der Waals surface area contributed by atoms with Crippen molar-refractivity contribution >= 4 is 22.8 Å². The first-order valence-corrected chi connectivity index (χ1v) is 11.2. The van der Waals surface area contributed by atoms with E-state index in [4.69, 9.17) is 5.10 Å². The average Bonchev–Trinajstić information content (AvgIpc) is 3.33. The number of aromatic nitrogens is 5. The number of fused-ring (bicyclic) bond motifs is 1. The molecule has 170 valence electrons. The zero-order valence-corrected chi connectivity index (χ0v) is 19.7. The summed E-state index contributed by atoms with van der Waals surface area (Å²) in [7, 11) is 1.84. The lowest BCUT2D eigenvalue weighted by Gasteiger charge is -2.10. The molecule has 0 fully saturated rings. The van der Waals surface area contributed by atoms with Crippen LogP contribution >= 0.6 is 0 Å². The highest BCUT2D eigenvalue weighted by Crippen LogP contribution is 2.27. The summed E-state index contributed by atoms with van der Waals surface area (Å²) in [6.45, 7) is 6.38. The molecular formula is C27H26N6O. The summed E-state index contributed by atoms with van der Waals surface area (Å²) in [6, 6.07) is 22.0. The Bertz CT molecular complexity index is 1510. The van der Waals surface area contributed by atoms with Crippen molar-refractivity contribution in [3.63, 3.8) is 0 Å². The van der Waals surface area contributed by atoms with Crippen LogP contribution in [0.2, 0.25) is 0 Å². The third kappa shape index (κ3) is 3.96. The lowest BCUT2D eigenvalue weighted by Crippen LogP contribution is -2.17. The van der Waals surface area contributed by atoms with Gasteiger partial charge >= 0.3 is 0 Å². The van der Waals surface area contributed by atoms with Crippen molar-refractivity contribution in [1.82, 2.24) is 24.5 Å². The van der Waals surface area contributed by atoms with Gasteiger partial charge in [-0.1, -0.05) is 54.6 Å². The summed E-state index contributed by atoms with van der Waals surface area (Å²) in [4.78, 5) is 18.1. The Kier molecular flexibility index (Phi) is 5.45. The number of benzene rings is 2. The predicted octanol–water partition coefficient (Wildman–Crippen LogP) is 5.06. The molecule has 3 aromatic heterocycles. The van der Waals surface area contributed by atoms with E-state index in [1.54, 1.807) is 4.68 Å². The van der Waals surface area contributed by atoms with Crippen LogP contribution in [0.25, 0.3) is 22.3 Å². The second-order valence-corrected chi connectivity index (χ2v) is 8.55. The highest BCUT2D eigenvalue weighted by atomic mass is 16.1. The smallest absolute Gasteiger partial charge is 0.257 e. The fourth-order valence-corrected chi connectivity index (χ4v) is 4.32. The summed E-state index contributed by atoms with van der Waals surface area (Å²) in [5, 5.41) is 13.2. The molecule has 7 nitrogen and oxygen atoms in total. The van der Waals surface area contributed by atoms with Gasteiger partial charge in [0.15, 0.2) is 5.65 Å². The normalized spacial score (nSPS) is 11.2. The molecule has 1 amide bonds. The molecule has 0 aliphatic carbocycles. The number of nitrogens with zero attached hydrogens (tertiary/aromatic N) is 5. The molecule has 5 rings (SSSR count). The molecule has 0 aliphatic rings. The minimum absolute atomic E-state index is 0.211. The fraction of sp³-hybridized carbons (Fsp3) is 0.185. The molecule has 3 heterocycles. The van der Waals surface area contributed by atoms with Crippen molar-refractivity contribution in [2.75, 3.05) is 5.32 Å². The van der Waals surface area contributed by atoms with Gasteiger partial charge in [-0.05, 0) is 38.0 Å². The number of hydrogen-bond donors (Lipinski definition) is 1. The number of amides is 1. The Morgan fingerprint density at radius 2 is 1.68 bits per heavy atom. The molecular weight excluding hydrogens is 424 g/mol. The standard InChI is InChI=1S/C27H26N6O/c1-17-10-8-9-13-21(17)23-15-24(33(31-23)16-20-11-6-5-7-12-20)29-27(34)22-14-18(2)28-26-25(22)19(3)30-32(26)4/h5-15H,16H2,1-4H3,(H,29,34). The van der Waals surface area contributed by atoms with Gasteiger partial charge < -0.3 is 5.32 Å². The molecule has 0 radical (unpaired) electrons. The fourth-order valence-electron chi connectivity index (χ4n) is 4.32. The third-order valence-corrected chi connectivity index (χ3v) is 5.96. The van der Waals surface area contributed by atoms with E-state index in [-0.39, 0.29) is 5.91 Å². The van der Waals surface area contributed by atoms with Crippen molar-refractivity contribution in [2.45, 2.75) is 27.3 Å². The Labute approximate surface area is 198 Å². The number of carbonyl (C=O) groups excluding carboxylic acids is 1. The molecule has 0 atom stereocenters. The first kappa shape index (κ1) is 21.6. The van der Waals surface area contributed by atoms with Crippen molar-refractivity contribution in [1.29, 1.82) is 0 Å². The maximum absolute atomic E-state index is 13.5. The number of pyridine rings is 1. The quantitative estimate of drug-likeness (QED) is 0.406. The average molecular weight is 451 g/mol. The van der Waals surface area contributed by atoms with Crippen LogP contribution in [-0.4, -0.2) is 30.5 Å². The van der Waals surface area contributed by atoms with Gasteiger partial charge in [0.1, 0.15) is 5.82 Å². The lowest BCUT2D eigenvalue weighted by atomic mass is 10.1. The monoisotopic (exact) mass is 450 g/mol. The van der Waals surface area contributed by atoms with Gasteiger partial charge in [-0.15, -0.1) is 0 Å². The summed E-state index contributed by atoms with van der Waals surface area (Å²) >= 11 is 0. The molecule has 0 bridgehead atoms. The largest absolute Gasteiger partial charge is 0.307 e. The van der Waals surface area contributed by atoms with Crippen molar-refractivity contribution in [2.24, 2.45) is 7.05 Å². The van der Waals surface area contributed by atoms with E-state index in [2.05, 4.69) is 40.5 Å². The van der Waals surface area contributed by atoms with Crippen molar-refractivity contribution in [3.8, 4) is 11.3 Å². The van der Waals surface area contributed by atoms with Crippen LogP contribution in [-0.2, 0) is 13.6 Å². The van der Waals surface area contributed by atoms with Crippen molar-refractivity contribution < 1.29 is 4.79 Å². The Balaban J connectivity index is 1.57. The maximum Gasteiger partial charge on any atom is 0.257 e. The summed E-state index contributed by atoms with van der Waals surface area (Å²) in [5.41, 5.74) is 6.87. The third-order valence-electron chi connectivity index (χ3n) is 5.96. The second-order valence-electron chi connectivity index (χ2n) is 8.55. The zero-order valence-electron chi connectivity index (χ0n) is 19.7. The van der Waals surface area contributed by atoms with Crippen LogP contribution in [0.5, 0.6) is 0 Å². The van der Waals surface area contributed by atoms with E-state index >= 15 is 0 Å². The lowest BCUT2D eigenvalue weighted by molar-refractivity contribution is 0.102. The summed E-state index contributed by atoms with van der Waals surface area (Å²) in [5.74, 6) is 0.424. The second kappa shape index (κ2) is 8.59. The molecule has 0 saturated carbocycles. The number of aryl methyl sites for hydroxylation is 4. The Morgan fingerprint density at radius 3 is 2.44 bits per heavy atom. The minimum atomic E-state index is -0.211. The number of nitrogens with one attached hydrogen (secondary N) is 1. The SMILES string of the molecule is Cc1cc(C(=O)Nc2cc(-c3ccccc3C)nn2Cc2ccccc2)c2c(C)nn(C)c2n1. The van der Waals surface area contributed by atoms with Gasteiger partial charge in [0.05, 0.1) is 28.9 Å². The van der Waals surface area contributed by atoms with Gasteiger partial charge in [0.2, 0.25) is 0 Å². The van der Waals surface area contributed by atoms with Gasteiger partial charge in [0, 0.05) is 24.4 Å². The van der Waals surface area contributed by atoms with Gasteiger partial charge in [-0.3, -0.25) is 9.48 Å². The van der Waals surface area contributed by atoms with E-state index in [9.17, 15) is 4.79 Å². The molecule has 7 heteroatoms. The van der Waals surface area contributed by atoms with Crippen LogP contribution in [0, 0.1) is 20.8 Å². The molecule has 0 saturated heterocycles. The minimum Gasteiger partial charge on any atom is -0.307 e. The van der Waals surface area contributed by atoms with Crippen LogP contribution in [0.15, 0.2) is 66.7 Å². The highest BCUT2D eigenvalue weighted by Gasteiger charge is 2.20. The van der Waals surface area contributed by atoms with Gasteiger partial charge in [-0.2, -0.15) is 10.2 Å². The molecule has 5 aromatic rings. The van der Waals surface area contributed by atoms with E-state index in [1.165, 1.54) is 0 Å². The molecule has 0 aliphatic heterocycles. The van der Waals surface area contributed by atoms with E-state index in [1.807, 2.05) is 74.1 Å². The summed E-state index contributed by atoms with van der Waals surface area (Å²) < 4.78 is 3.56. The molecule has 1 N–H and O–H groups in total. The number of carbonyl (C=O) groups is 1. The highest BCUT2D eigenvalue weighted by molar-refractivity contribution is 6.12. The molecule has 2 aromatic carbocycles. The number of rotatable bonds is 5. The maximum atomic E-state index is 13.5. The number of hydrogen-bond acceptors (Lipinski definition) is 4. The number of anilines is 1. The first-order chi connectivity index (χ1) is 16.4. The Morgan fingerprint density at radius 1 is 0.941 bits per heavy atom. The van der Waals surface area contributed by atoms with Crippen LogP contribution in [0.1, 0.15) is 32.9 Å². The molecule has 0 unspecified atom stereocenters. The van der Waals surface area contributed by atoms with E-state index < -0.39 is 0 Å². The molecule has 0 spiro atoms. The van der Waals surface area contributed by atoms with Gasteiger partial charge in [0.25, 0.3) is 5.91 Å². The predicted molar refractivity (Wildman–Crippen MR) is 134 cm³/mol. The van der Waals surface area contributed by atoms with E-state index in [0.29, 0.717) is 23.6 Å². The zero-order chi connectivity index (χ0) is 23.8. The van der Waals surface area contributed by atoms with Crippen LogP contribution < -0.4 is 5.32 Å². The van der Waals surface area contributed by atoms with Crippen LogP contribution in [0.3, 0.4) is 0 Å². The van der Waals surface area contributed by atoms with E-state index in [0.717, 1.165) is 39.2 Å². The van der Waals surface area contributed by atoms with Gasteiger partial charge in [-0.25, -0.2) is 9.67 Å². The summed E-state index contributed by atoms with van der Waals surface area (Å²) in [6.07, 6.45) is 0. The topological polar surface area (TPSA) is 77.6 Å². The molecule has 34 heavy (non-hydrogen) atoms. The first-order valence-electron chi connectivity index (χ1n) is 11.2. The van der Waals surface area contributed by atoms with Crippen LogP contribution in [0.4, 0.5) is 5.82 Å². The Hall–Kier alpha value is -4.26.